The Bertz CT molecular complexity index is 500. The number of halogens is 3. The van der Waals surface area contributed by atoms with Crippen molar-refractivity contribution in [3.63, 3.8) is 0 Å². The van der Waals surface area contributed by atoms with E-state index in [0.717, 1.165) is 31.4 Å². The number of nitrogens with one attached hydrogen (secondary N) is 1. The average Bonchev–Trinajstić information content (AvgIpc) is 2.59. The molecule has 1 aromatic rings. The second-order valence-corrected chi connectivity index (χ2v) is 6.52. The van der Waals surface area contributed by atoms with Gasteiger partial charge in [0, 0.05) is 12.1 Å². The Labute approximate surface area is 149 Å². The molecule has 5 heteroatoms. The van der Waals surface area contributed by atoms with E-state index in [1.807, 2.05) is 0 Å². The molecule has 142 valence electrons. The van der Waals surface area contributed by atoms with Crippen molar-refractivity contribution in [2.24, 2.45) is 0 Å². The van der Waals surface area contributed by atoms with Gasteiger partial charge in [-0.25, -0.2) is 0 Å². The standard InChI is InChI=1S/C20H30F3NO/c1-2-3-4-5-6-7-8-9-10-11-15-24-19(25)17-13-12-14-18(16-17)20(21,22)23/h12-14,16H,2-11,15H2,1H3,(H,24,25). The molecule has 0 spiro atoms. The van der Waals surface area contributed by atoms with E-state index in [9.17, 15) is 18.0 Å². The second kappa shape index (κ2) is 11.9. The zero-order chi connectivity index (χ0) is 18.5. The Hall–Kier alpha value is -1.52. The van der Waals surface area contributed by atoms with E-state index < -0.39 is 17.6 Å². The first-order chi connectivity index (χ1) is 11.9. The number of benzene rings is 1. The highest BCUT2D eigenvalue weighted by molar-refractivity contribution is 5.94. The summed E-state index contributed by atoms with van der Waals surface area (Å²) < 4.78 is 37.9. The van der Waals surface area contributed by atoms with Crippen LogP contribution in [-0.2, 0) is 6.18 Å². The Morgan fingerprint density at radius 2 is 1.48 bits per heavy atom. The van der Waals surface area contributed by atoms with Crippen molar-refractivity contribution >= 4 is 5.91 Å². The third kappa shape index (κ3) is 9.51. The van der Waals surface area contributed by atoms with Crippen LogP contribution in [0.2, 0.25) is 0 Å². The Morgan fingerprint density at radius 1 is 0.920 bits per heavy atom. The number of carbonyl (C=O) groups excluding carboxylic acids is 1. The van der Waals surface area contributed by atoms with Gasteiger partial charge in [0.05, 0.1) is 5.56 Å². The fourth-order valence-electron chi connectivity index (χ4n) is 2.75. The first-order valence-corrected chi connectivity index (χ1v) is 9.40. The predicted molar refractivity (Wildman–Crippen MR) is 95.6 cm³/mol. The van der Waals surface area contributed by atoms with Gasteiger partial charge in [-0.1, -0.05) is 70.8 Å². The smallest absolute Gasteiger partial charge is 0.352 e. The number of alkyl halides is 3. The van der Waals surface area contributed by atoms with Gasteiger partial charge in [0.15, 0.2) is 0 Å². The van der Waals surface area contributed by atoms with Crippen LogP contribution >= 0.6 is 0 Å². The summed E-state index contributed by atoms with van der Waals surface area (Å²) in [4.78, 5) is 11.9. The van der Waals surface area contributed by atoms with Crippen LogP contribution in [0, 0.1) is 0 Å². The summed E-state index contributed by atoms with van der Waals surface area (Å²) in [6.07, 6.45) is 7.65. The molecule has 25 heavy (non-hydrogen) atoms. The van der Waals surface area contributed by atoms with Gasteiger partial charge in [0.25, 0.3) is 5.91 Å². The van der Waals surface area contributed by atoms with Crippen LogP contribution in [0.1, 0.15) is 87.1 Å². The fourth-order valence-corrected chi connectivity index (χ4v) is 2.75. The second-order valence-electron chi connectivity index (χ2n) is 6.52. The summed E-state index contributed by atoms with van der Waals surface area (Å²) in [5, 5.41) is 2.70. The summed E-state index contributed by atoms with van der Waals surface area (Å²) in [6, 6.07) is 4.54. The van der Waals surface area contributed by atoms with E-state index in [1.165, 1.54) is 57.1 Å². The molecule has 0 aromatic heterocycles. The van der Waals surface area contributed by atoms with Crippen LogP contribution in [0.25, 0.3) is 0 Å². The first kappa shape index (κ1) is 21.5. The molecule has 0 unspecified atom stereocenters. The minimum Gasteiger partial charge on any atom is -0.352 e. The van der Waals surface area contributed by atoms with Gasteiger partial charge < -0.3 is 5.32 Å². The predicted octanol–water partition coefficient (Wildman–Crippen LogP) is 6.36. The topological polar surface area (TPSA) is 29.1 Å². The molecule has 0 aliphatic carbocycles. The number of hydrogen-bond acceptors (Lipinski definition) is 1. The van der Waals surface area contributed by atoms with Crippen LogP contribution in [0.5, 0.6) is 0 Å². The zero-order valence-corrected chi connectivity index (χ0v) is 15.1. The quantitative estimate of drug-likeness (QED) is 0.434. The van der Waals surface area contributed by atoms with Crippen molar-refractivity contribution in [2.45, 2.75) is 77.3 Å². The van der Waals surface area contributed by atoms with E-state index in [1.54, 1.807) is 0 Å². The summed E-state index contributed by atoms with van der Waals surface area (Å²) >= 11 is 0. The molecular weight excluding hydrogens is 327 g/mol. The van der Waals surface area contributed by atoms with Crippen molar-refractivity contribution in [2.75, 3.05) is 6.54 Å². The largest absolute Gasteiger partial charge is 0.416 e. The van der Waals surface area contributed by atoms with Crippen LogP contribution in [0.4, 0.5) is 13.2 Å². The highest BCUT2D eigenvalue weighted by atomic mass is 19.4. The molecular formula is C20H30F3NO. The highest BCUT2D eigenvalue weighted by Gasteiger charge is 2.30. The van der Waals surface area contributed by atoms with Crippen molar-refractivity contribution in [3.05, 3.63) is 35.4 Å². The third-order valence-corrected chi connectivity index (χ3v) is 4.27. The SMILES string of the molecule is CCCCCCCCCCCCNC(=O)c1cccc(C(F)(F)F)c1. The lowest BCUT2D eigenvalue weighted by atomic mass is 10.1. The minimum atomic E-state index is -4.42. The van der Waals surface area contributed by atoms with Crippen LogP contribution in [0.15, 0.2) is 24.3 Å². The highest BCUT2D eigenvalue weighted by Crippen LogP contribution is 2.29. The number of carbonyl (C=O) groups is 1. The number of hydrogen-bond donors (Lipinski definition) is 1. The Kier molecular flexibility index (Phi) is 10.3. The van der Waals surface area contributed by atoms with E-state index in [4.69, 9.17) is 0 Å². The molecule has 0 aliphatic heterocycles. The number of rotatable bonds is 12. The lowest BCUT2D eigenvalue weighted by Crippen LogP contribution is -2.24. The van der Waals surface area contributed by atoms with Crippen molar-refractivity contribution in [1.29, 1.82) is 0 Å². The first-order valence-electron chi connectivity index (χ1n) is 9.40. The molecule has 2 nitrogen and oxygen atoms in total. The van der Waals surface area contributed by atoms with E-state index >= 15 is 0 Å². The molecule has 0 atom stereocenters. The molecule has 0 bridgehead atoms. The maximum absolute atomic E-state index is 12.6. The summed E-state index contributed by atoms with van der Waals surface area (Å²) in [5.41, 5.74) is -0.735. The van der Waals surface area contributed by atoms with Gasteiger partial charge in [0.1, 0.15) is 0 Å². The minimum absolute atomic E-state index is 0.0573. The number of amides is 1. The monoisotopic (exact) mass is 357 g/mol. The molecule has 1 amide bonds. The van der Waals surface area contributed by atoms with Gasteiger partial charge in [-0.3, -0.25) is 4.79 Å². The molecule has 1 aromatic carbocycles. The third-order valence-electron chi connectivity index (χ3n) is 4.27. The molecule has 1 rings (SSSR count). The normalized spacial score (nSPS) is 11.5. The average molecular weight is 357 g/mol. The molecule has 0 heterocycles. The summed E-state index contributed by atoms with van der Waals surface area (Å²) in [5.74, 6) is -0.443. The van der Waals surface area contributed by atoms with E-state index in [0.29, 0.717) is 6.54 Å². The molecule has 0 saturated heterocycles. The lowest BCUT2D eigenvalue weighted by Gasteiger charge is -2.09. The van der Waals surface area contributed by atoms with Gasteiger partial charge in [-0.2, -0.15) is 13.2 Å². The van der Waals surface area contributed by atoms with Gasteiger partial charge in [0.2, 0.25) is 0 Å². The van der Waals surface area contributed by atoms with Crippen LogP contribution in [0.3, 0.4) is 0 Å². The lowest BCUT2D eigenvalue weighted by molar-refractivity contribution is -0.137. The van der Waals surface area contributed by atoms with Crippen molar-refractivity contribution in [3.8, 4) is 0 Å². The molecule has 0 radical (unpaired) electrons. The van der Waals surface area contributed by atoms with Gasteiger partial charge in [-0.15, -0.1) is 0 Å². The summed E-state index contributed by atoms with van der Waals surface area (Å²) in [7, 11) is 0. The molecule has 0 fully saturated rings. The van der Waals surface area contributed by atoms with Crippen LogP contribution < -0.4 is 5.32 Å². The van der Waals surface area contributed by atoms with E-state index in [-0.39, 0.29) is 5.56 Å². The maximum Gasteiger partial charge on any atom is 0.416 e. The zero-order valence-electron chi connectivity index (χ0n) is 15.1. The Balaban J connectivity index is 2.11. The van der Waals surface area contributed by atoms with Crippen molar-refractivity contribution < 1.29 is 18.0 Å². The molecule has 1 N–H and O–H groups in total. The van der Waals surface area contributed by atoms with Crippen molar-refractivity contribution in [1.82, 2.24) is 5.32 Å². The fraction of sp³-hybridized carbons (Fsp3) is 0.650. The Morgan fingerprint density at radius 3 is 2.04 bits per heavy atom. The van der Waals surface area contributed by atoms with Gasteiger partial charge in [-0.05, 0) is 24.6 Å². The maximum atomic E-state index is 12.6. The molecule has 0 saturated carbocycles. The van der Waals surface area contributed by atoms with Crippen LogP contribution in [-0.4, -0.2) is 12.5 Å². The van der Waals surface area contributed by atoms with E-state index in [2.05, 4.69) is 12.2 Å². The number of unbranched alkanes of at least 4 members (excludes halogenated alkanes) is 9. The summed E-state index contributed by atoms with van der Waals surface area (Å²) in [6.45, 7) is 2.72. The van der Waals surface area contributed by atoms with Gasteiger partial charge >= 0.3 is 6.18 Å². The molecule has 0 aliphatic rings.